The van der Waals surface area contributed by atoms with Crippen molar-refractivity contribution in [2.75, 3.05) is 29.5 Å². The number of nitrogens with one attached hydrogen (secondary N) is 1. The summed E-state index contributed by atoms with van der Waals surface area (Å²) in [6, 6.07) is 0. The highest BCUT2D eigenvalue weighted by Gasteiger charge is 2.24. The number of fused-ring (bicyclic) bond motifs is 1. The molecule has 1 N–H and O–H groups in total. The molecule has 0 amide bonds. The summed E-state index contributed by atoms with van der Waals surface area (Å²) in [4.78, 5) is 10.1. The van der Waals surface area contributed by atoms with Crippen LogP contribution in [0.15, 0.2) is 6.20 Å². The molecule has 0 bridgehead atoms. The smallest absolute Gasteiger partial charge is 0.226 e. The van der Waals surface area contributed by atoms with Crippen LogP contribution in [0.3, 0.4) is 0 Å². The fourth-order valence-corrected chi connectivity index (χ4v) is 3.32. The van der Waals surface area contributed by atoms with E-state index in [9.17, 15) is 8.42 Å². The lowest BCUT2D eigenvalue weighted by molar-refractivity contribution is 0.586. The Labute approximate surface area is 108 Å². The van der Waals surface area contributed by atoms with Crippen molar-refractivity contribution in [1.29, 1.82) is 0 Å². The van der Waals surface area contributed by atoms with Crippen LogP contribution in [0.25, 0.3) is 11.0 Å². The predicted octanol–water partition coefficient (Wildman–Crippen LogP) is 0.241. The second-order valence-corrected chi connectivity index (χ2v) is 6.73. The highest BCUT2D eigenvalue weighted by molar-refractivity contribution is 7.91. The number of halogens is 1. The lowest BCUT2D eigenvalue weighted by Crippen LogP contribution is -2.40. The van der Waals surface area contributed by atoms with Crippen LogP contribution in [0.2, 0.25) is 5.28 Å². The molecular weight excluding hydrogens is 278 g/mol. The maximum atomic E-state index is 11.4. The van der Waals surface area contributed by atoms with Gasteiger partial charge in [-0.3, -0.25) is 5.10 Å². The van der Waals surface area contributed by atoms with Crippen LogP contribution >= 0.6 is 11.6 Å². The molecule has 1 fully saturated rings. The molecule has 96 valence electrons. The van der Waals surface area contributed by atoms with E-state index in [-0.39, 0.29) is 16.8 Å². The van der Waals surface area contributed by atoms with E-state index in [1.807, 2.05) is 4.90 Å². The van der Waals surface area contributed by atoms with Gasteiger partial charge in [0, 0.05) is 13.1 Å². The third-order valence-electron chi connectivity index (χ3n) is 2.91. The Morgan fingerprint density at radius 2 is 2.00 bits per heavy atom. The van der Waals surface area contributed by atoms with E-state index < -0.39 is 9.84 Å². The molecule has 7 nitrogen and oxygen atoms in total. The van der Waals surface area contributed by atoms with Gasteiger partial charge in [-0.25, -0.2) is 8.42 Å². The Balaban J connectivity index is 2.02. The second-order valence-electron chi connectivity index (χ2n) is 4.09. The van der Waals surface area contributed by atoms with Crippen molar-refractivity contribution in [2.45, 2.75) is 0 Å². The average molecular weight is 288 g/mol. The van der Waals surface area contributed by atoms with E-state index in [0.717, 1.165) is 5.39 Å². The molecule has 2 aromatic rings. The van der Waals surface area contributed by atoms with Crippen molar-refractivity contribution in [3.63, 3.8) is 0 Å². The number of H-pyrrole nitrogens is 1. The molecule has 0 aliphatic carbocycles. The topological polar surface area (TPSA) is 91.8 Å². The summed E-state index contributed by atoms with van der Waals surface area (Å²) in [5.74, 6) is 0.899. The van der Waals surface area contributed by atoms with Gasteiger partial charge in [0.25, 0.3) is 0 Å². The highest BCUT2D eigenvalue weighted by Crippen LogP contribution is 2.25. The summed E-state index contributed by atoms with van der Waals surface area (Å²) in [6.07, 6.45) is 1.62. The maximum Gasteiger partial charge on any atom is 0.226 e. The van der Waals surface area contributed by atoms with Crippen LogP contribution in [0.5, 0.6) is 0 Å². The summed E-state index contributed by atoms with van der Waals surface area (Å²) in [5.41, 5.74) is 0.554. The van der Waals surface area contributed by atoms with Crippen molar-refractivity contribution >= 4 is 38.3 Å². The van der Waals surface area contributed by atoms with Gasteiger partial charge in [-0.15, -0.1) is 0 Å². The van der Waals surface area contributed by atoms with Gasteiger partial charge < -0.3 is 4.90 Å². The van der Waals surface area contributed by atoms with E-state index in [4.69, 9.17) is 11.6 Å². The van der Waals surface area contributed by atoms with Gasteiger partial charge in [-0.05, 0) is 11.6 Å². The molecule has 1 aliphatic rings. The Morgan fingerprint density at radius 3 is 2.72 bits per heavy atom. The van der Waals surface area contributed by atoms with Gasteiger partial charge in [0.05, 0.1) is 23.1 Å². The lowest BCUT2D eigenvalue weighted by atomic mass is 10.3. The molecule has 1 saturated heterocycles. The minimum absolute atomic E-state index is 0.121. The van der Waals surface area contributed by atoms with Crippen molar-refractivity contribution in [2.24, 2.45) is 0 Å². The SMILES string of the molecule is O=S1(=O)CCN(c2nc(Cl)nc3[nH]ncc23)CC1. The maximum absolute atomic E-state index is 11.4. The summed E-state index contributed by atoms with van der Waals surface area (Å²) >= 11 is 5.84. The monoisotopic (exact) mass is 287 g/mol. The van der Waals surface area contributed by atoms with E-state index in [1.54, 1.807) is 6.20 Å². The predicted molar refractivity (Wildman–Crippen MR) is 67.6 cm³/mol. The van der Waals surface area contributed by atoms with Crippen molar-refractivity contribution in [1.82, 2.24) is 20.2 Å². The Kier molecular flexibility index (Phi) is 2.63. The Morgan fingerprint density at radius 1 is 1.28 bits per heavy atom. The van der Waals surface area contributed by atoms with Gasteiger partial charge in [-0.1, -0.05) is 0 Å². The zero-order valence-electron chi connectivity index (χ0n) is 9.30. The number of sulfone groups is 1. The molecule has 0 radical (unpaired) electrons. The molecule has 0 atom stereocenters. The summed E-state index contributed by atoms with van der Waals surface area (Å²) < 4.78 is 22.8. The standard InChI is InChI=1S/C9H10ClN5O2S/c10-9-12-7-6(5-11-14-7)8(13-9)15-1-3-18(16,17)4-2-15/h5H,1-4H2,(H,11,12,13,14). The molecule has 0 aromatic carbocycles. The molecule has 0 saturated carbocycles. The first-order valence-corrected chi connectivity index (χ1v) is 7.57. The van der Waals surface area contributed by atoms with Crippen LogP contribution in [0.4, 0.5) is 5.82 Å². The lowest BCUT2D eigenvalue weighted by Gasteiger charge is -2.27. The van der Waals surface area contributed by atoms with Gasteiger partial charge >= 0.3 is 0 Å². The number of aromatic nitrogens is 4. The molecule has 3 rings (SSSR count). The van der Waals surface area contributed by atoms with Crippen molar-refractivity contribution in [3.05, 3.63) is 11.5 Å². The number of aromatic amines is 1. The molecule has 1 aliphatic heterocycles. The van der Waals surface area contributed by atoms with Crippen LogP contribution in [-0.2, 0) is 9.84 Å². The van der Waals surface area contributed by atoms with Gasteiger partial charge in [0.1, 0.15) is 5.82 Å². The zero-order chi connectivity index (χ0) is 12.8. The number of anilines is 1. The number of hydrogen-bond donors (Lipinski definition) is 1. The van der Waals surface area contributed by atoms with Gasteiger partial charge in [0.15, 0.2) is 15.5 Å². The molecule has 2 aromatic heterocycles. The normalized spacial score (nSPS) is 19.3. The van der Waals surface area contributed by atoms with Crippen LogP contribution in [0, 0.1) is 0 Å². The molecule has 0 unspecified atom stereocenters. The highest BCUT2D eigenvalue weighted by atomic mass is 35.5. The average Bonchev–Trinajstić information content (AvgIpc) is 2.76. The first-order valence-electron chi connectivity index (χ1n) is 5.37. The number of nitrogens with zero attached hydrogens (tertiary/aromatic N) is 4. The number of rotatable bonds is 1. The van der Waals surface area contributed by atoms with Crippen LogP contribution in [-0.4, -0.2) is 53.2 Å². The molecular formula is C9H10ClN5O2S. The quantitative estimate of drug-likeness (QED) is 0.756. The fourth-order valence-electron chi connectivity index (χ4n) is 1.96. The third kappa shape index (κ3) is 2.01. The van der Waals surface area contributed by atoms with E-state index in [0.29, 0.717) is 24.6 Å². The summed E-state index contributed by atoms with van der Waals surface area (Å²) in [5, 5.41) is 7.49. The van der Waals surface area contributed by atoms with E-state index in [2.05, 4.69) is 20.2 Å². The first-order chi connectivity index (χ1) is 8.55. The van der Waals surface area contributed by atoms with E-state index in [1.165, 1.54) is 0 Å². The van der Waals surface area contributed by atoms with Crippen LogP contribution < -0.4 is 4.90 Å². The van der Waals surface area contributed by atoms with Crippen molar-refractivity contribution < 1.29 is 8.42 Å². The summed E-state index contributed by atoms with van der Waals surface area (Å²) in [7, 11) is -2.92. The van der Waals surface area contributed by atoms with E-state index >= 15 is 0 Å². The minimum atomic E-state index is -2.92. The largest absolute Gasteiger partial charge is 0.354 e. The number of hydrogen-bond acceptors (Lipinski definition) is 6. The van der Waals surface area contributed by atoms with Crippen LogP contribution in [0.1, 0.15) is 0 Å². The minimum Gasteiger partial charge on any atom is -0.354 e. The Bertz CT molecular complexity index is 684. The molecule has 18 heavy (non-hydrogen) atoms. The third-order valence-corrected chi connectivity index (χ3v) is 4.68. The first kappa shape index (κ1) is 11.7. The molecule has 3 heterocycles. The Hall–Kier alpha value is -1.41. The van der Waals surface area contributed by atoms with Gasteiger partial charge in [-0.2, -0.15) is 15.1 Å². The molecule has 0 spiro atoms. The summed E-state index contributed by atoms with van der Waals surface area (Å²) in [6.45, 7) is 0.825. The molecule has 9 heteroatoms. The van der Waals surface area contributed by atoms with Gasteiger partial charge in [0.2, 0.25) is 5.28 Å². The zero-order valence-corrected chi connectivity index (χ0v) is 10.9. The van der Waals surface area contributed by atoms with Crippen molar-refractivity contribution in [3.8, 4) is 0 Å². The second kappa shape index (κ2) is 4.06. The fraction of sp³-hybridized carbons (Fsp3) is 0.444.